The second-order valence-electron chi connectivity index (χ2n) is 9.53. The summed E-state index contributed by atoms with van der Waals surface area (Å²) in [5.41, 5.74) is 4.31. The Morgan fingerprint density at radius 1 is 1.10 bits per heavy atom. The Morgan fingerprint density at radius 2 is 1.64 bits per heavy atom. The molecule has 1 aromatic carbocycles. The molecule has 0 unspecified atom stereocenters. The fraction of sp³-hybridized carbons (Fsp3) is 0.594. The van der Waals surface area contributed by atoms with Gasteiger partial charge in [0.15, 0.2) is 0 Å². The van der Waals surface area contributed by atoms with Crippen LogP contribution in [0.4, 0.5) is 4.39 Å². The Hall–Kier alpha value is -2.25. The Morgan fingerprint density at radius 3 is 1.97 bits per heavy atom. The molecule has 224 valence electrons. The van der Waals surface area contributed by atoms with Gasteiger partial charge in [-0.3, -0.25) is 4.79 Å². The van der Waals surface area contributed by atoms with Crippen LogP contribution in [0.1, 0.15) is 95.8 Å². The molecule has 1 aromatic heterocycles. The van der Waals surface area contributed by atoms with Gasteiger partial charge < -0.3 is 14.8 Å². The van der Waals surface area contributed by atoms with E-state index < -0.39 is 0 Å². The zero-order chi connectivity index (χ0) is 30.9. The molecule has 2 aromatic rings. The molecular weight excluding hydrogens is 511 g/mol. The van der Waals surface area contributed by atoms with Crippen molar-refractivity contribution in [1.29, 1.82) is 0 Å². The molecule has 1 aliphatic rings. The van der Waals surface area contributed by atoms with Gasteiger partial charge in [0.2, 0.25) is 5.88 Å². The molecule has 1 aliphatic heterocycles. The van der Waals surface area contributed by atoms with Gasteiger partial charge in [-0.1, -0.05) is 60.1 Å². The summed E-state index contributed by atoms with van der Waals surface area (Å²) in [5, 5.41) is 3.26. The highest BCUT2D eigenvalue weighted by Crippen LogP contribution is 2.27. The van der Waals surface area contributed by atoms with Crippen LogP contribution < -0.4 is 10.1 Å². The number of pyridine rings is 1. The van der Waals surface area contributed by atoms with E-state index in [1.54, 1.807) is 6.07 Å². The normalized spacial score (nSPS) is 11.9. The van der Waals surface area contributed by atoms with Crippen molar-refractivity contribution in [2.24, 2.45) is 5.92 Å². The number of hydrogen-bond acceptors (Lipinski definition) is 6. The lowest BCUT2D eigenvalue weighted by molar-refractivity contribution is -0.106. The standard InChI is InChI=1S/C10H14FNO.C9H10O.C5H11NS.C4H10.C2H4O.C2H6/c1-3-5-8-6-10(13-4-2)12-7-9(8)11;1-7-3-4-9(6-10)5-8(7)2;1-5(6-2)3-7-4-5;1-4(2)3;1-2-3;1-2/h6-7H,3-5H2,1-2H3;3-6H,1-2H3;6H,3-4H2,1-2H3;4H,1-3H3;2H,1H3;1-2H3. The summed E-state index contributed by atoms with van der Waals surface area (Å²) in [6.45, 7) is 22.7. The van der Waals surface area contributed by atoms with Gasteiger partial charge in [-0.25, -0.2) is 9.37 Å². The fourth-order valence-corrected chi connectivity index (χ4v) is 3.64. The molecule has 5 nitrogen and oxygen atoms in total. The second kappa shape index (κ2) is 26.0. The molecule has 0 atom stereocenters. The van der Waals surface area contributed by atoms with Crippen molar-refractivity contribution < 1.29 is 18.7 Å². The summed E-state index contributed by atoms with van der Waals surface area (Å²) in [7, 11) is 2.03. The van der Waals surface area contributed by atoms with E-state index in [9.17, 15) is 9.18 Å². The van der Waals surface area contributed by atoms with E-state index in [1.807, 2.05) is 78.6 Å². The lowest BCUT2D eigenvalue weighted by Gasteiger charge is -2.37. The summed E-state index contributed by atoms with van der Waals surface area (Å²) in [5.74, 6) is 3.66. The number of benzene rings is 1. The molecule has 2 heterocycles. The number of aromatic nitrogens is 1. The van der Waals surface area contributed by atoms with Crippen molar-refractivity contribution in [1.82, 2.24) is 10.3 Å². The fourth-order valence-electron chi connectivity index (χ4n) is 2.54. The van der Waals surface area contributed by atoms with Crippen molar-refractivity contribution >= 4 is 24.3 Å². The van der Waals surface area contributed by atoms with Crippen LogP contribution >= 0.6 is 11.8 Å². The summed E-state index contributed by atoms with van der Waals surface area (Å²) in [6.07, 6.45) is 4.49. The molecule has 3 rings (SSSR count). The molecule has 0 aliphatic carbocycles. The highest BCUT2D eigenvalue weighted by Gasteiger charge is 2.29. The van der Waals surface area contributed by atoms with E-state index >= 15 is 0 Å². The smallest absolute Gasteiger partial charge is 0.213 e. The minimum atomic E-state index is -0.245. The van der Waals surface area contributed by atoms with Gasteiger partial charge in [-0.2, -0.15) is 11.8 Å². The predicted octanol–water partition coefficient (Wildman–Crippen LogP) is 8.29. The van der Waals surface area contributed by atoms with Crippen LogP contribution in [0.5, 0.6) is 5.88 Å². The van der Waals surface area contributed by atoms with Gasteiger partial charge in [-0.05, 0) is 76.8 Å². The largest absolute Gasteiger partial charge is 0.478 e. The molecule has 0 bridgehead atoms. The molecule has 1 fully saturated rings. The molecule has 7 heteroatoms. The van der Waals surface area contributed by atoms with E-state index in [2.05, 4.69) is 38.0 Å². The number of nitrogens with zero attached hydrogens (tertiary/aromatic N) is 1. The lowest BCUT2D eigenvalue weighted by atomic mass is 10.1. The molecular formula is C32H55FN2O3S. The summed E-state index contributed by atoms with van der Waals surface area (Å²) < 4.78 is 18.2. The topological polar surface area (TPSA) is 68.3 Å². The molecule has 0 radical (unpaired) electrons. The third-order valence-corrected chi connectivity index (χ3v) is 6.52. The van der Waals surface area contributed by atoms with E-state index in [0.717, 1.165) is 36.9 Å². The van der Waals surface area contributed by atoms with Gasteiger partial charge in [0, 0.05) is 28.7 Å². The number of nitrogens with one attached hydrogen (secondary N) is 1. The first-order valence-corrected chi connectivity index (χ1v) is 15.0. The first kappa shape index (κ1) is 41.2. The molecule has 0 spiro atoms. The number of halogens is 1. The summed E-state index contributed by atoms with van der Waals surface area (Å²) in [4.78, 5) is 22.9. The first-order valence-electron chi connectivity index (χ1n) is 13.9. The number of rotatable bonds is 6. The van der Waals surface area contributed by atoms with Crippen molar-refractivity contribution in [2.75, 3.05) is 25.2 Å². The van der Waals surface area contributed by atoms with E-state index in [1.165, 1.54) is 35.8 Å². The molecule has 1 saturated heterocycles. The number of carbonyl (C=O) groups excluding carboxylic acids is 2. The van der Waals surface area contributed by atoms with Crippen molar-refractivity contribution in [2.45, 2.75) is 94.5 Å². The van der Waals surface area contributed by atoms with Gasteiger partial charge >= 0.3 is 0 Å². The number of thioether (sulfide) groups is 1. The Labute approximate surface area is 243 Å². The van der Waals surface area contributed by atoms with Crippen LogP contribution in [0.2, 0.25) is 0 Å². The maximum Gasteiger partial charge on any atom is 0.213 e. The van der Waals surface area contributed by atoms with Crippen LogP contribution in [-0.2, 0) is 11.2 Å². The van der Waals surface area contributed by atoms with Crippen molar-refractivity contribution in [3.05, 3.63) is 58.5 Å². The number of aryl methyl sites for hydroxylation is 3. The average Bonchev–Trinajstić information content (AvgIpc) is 2.89. The number of carbonyl (C=O) groups is 2. The molecule has 0 saturated carbocycles. The molecule has 1 N–H and O–H groups in total. The third kappa shape index (κ3) is 22.3. The predicted molar refractivity (Wildman–Crippen MR) is 169 cm³/mol. The van der Waals surface area contributed by atoms with Crippen LogP contribution in [0.25, 0.3) is 0 Å². The van der Waals surface area contributed by atoms with E-state index in [-0.39, 0.29) is 5.82 Å². The van der Waals surface area contributed by atoms with Crippen LogP contribution in [-0.4, -0.2) is 48.3 Å². The van der Waals surface area contributed by atoms with E-state index in [0.29, 0.717) is 23.6 Å². The maximum absolute atomic E-state index is 13.1. The zero-order valence-electron chi connectivity index (χ0n) is 26.6. The van der Waals surface area contributed by atoms with Crippen molar-refractivity contribution in [3.63, 3.8) is 0 Å². The SMILES string of the molecule is CC.CC(C)C.CC=O.CCCc1cc(OCC)ncc1F.CNC1(C)CSC1.Cc1ccc(C=O)cc1C. The highest BCUT2D eigenvalue weighted by atomic mass is 32.2. The van der Waals surface area contributed by atoms with Crippen molar-refractivity contribution in [3.8, 4) is 5.88 Å². The number of hydrogen-bond donors (Lipinski definition) is 1. The maximum atomic E-state index is 13.1. The van der Waals surface area contributed by atoms with Gasteiger partial charge in [0.05, 0.1) is 12.8 Å². The first-order chi connectivity index (χ1) is 18.4. The molecule has 0 amide bonds. The van der Waals surface area contributed by atoms with Crippen LogP contribution in [0.15, 0.2) is 30.5 Å². The van der Waals surface area contributed by atoms with Crippen LogP contribution in [0.3, 0.4) is 0 Å². The van der Waals surface area contributed by atoms with E-state index in [4.69, 9.17) is 9.53 Å². The number of aldehydes is 2. The number of ether oxygens (including phenoxy) is 1. The van der Waals surface area contributed by atoms with Gasteiger partial charge in [0.25, 0.3) is 0 Å². The Balaban J connectivity index is -0.000000443. The summed E-state index contributed by atoms with van der Waals surface area (Å²) in [6, 6.07) is 7.35. The highest BCUT2D eigenvalue weighted by molar-refractivity contribution is 8.00. The summed E-state index contributed by atoms with van der Waals surface area (Å²) >= 11 is 2.01. The molecule has 39 heavy (non-hydrogen) atoms. The Bertz CT molecular complexity index is 879. The van der Waals surface area contributed by atoms with Gasteiger partial charge in [0.1, 0.15) is 18.4 Å². The van der Waals surface area contributed by atoms with Crippen LogP contribution in [0, 0.1) is 25.6 Å². The lowest BCUT2D eigenvalue weighted by Crippen LogP contribution is -2.51. The minimum Gasteiger partial charge on any atom is -0.478 e. The monoisotopic (exact) mass is 566 g/mol. The van der Waals surface area contributed by atoms with Gasteiger partial charge in [-0.15, -0.1) is 0 Å². The average molecular weight is 567 g/mol. The second-order valence-corrected chi connectivity index (χ2v) is 10.5. The zero-order valence-corrected chi connectivity index (χ0v) is 27.4. The Kier molecular flexibility index (Phi) is 27.5. The quantitative estimate of drug-likeness (QED) is 0.355. The third-order valence-electron chi connectivity index (χ3n) is 4.83. The minimum absolute atomic E-state index is 0.245.